The molecule has 2 aromatic carbocycles. The zero-order valence-corrected chi connectivity index (χ0v) is 15.5. The van der Waals surface area contributed by atoms with Gasteiger partial charge in [0.1, 0.15) is 0 Å². The van der Waals surface area contributed by atoms with Crippen LogP contribution in [0.3, 0.4) is 0 Å². The predicted molar refractivity (Wildman–Crippen MR) is 114 cm³/mol. The molecule has 0 saturated heterocycles. The van der Waals surface area contributed by atoms with Crippen LogP contribution in [0, 0.1) is 0 Å². The van der Waals surface area contributed by atoms with Crippen LogP contribution in [-0.4, -0.2) is 30.8 Å². The number of rotatable bonds is 4. The monoisotopic (exact) mass is 353 g/mol. The van der Waals surface area contributed by atoms with Crippen molar-refractivity contribution in [1.29, 1.82) is 0 Å². The van der Waals surface area contributed by atoms with Crippen LogP contribution in [0.5, 0.6) is 0 Å². The van der Waals surface area contributed by atoms with Crippen LogP contribution >= 0.6 is 0 Å². The van der Waals surface area contributed by atoms with E-state index in [2.05, 4.69) is 83.7 Å². The van der Waals surface area contributed by atoms with Gasteiger partial charge < -0.3 is 4.90 Å². The van der Waals surface area contributed by atoms with E-state index in [1.165, 1.54) is 27.9 Å². The third kappa shape index (κ3) is 4.14. The van der Waals surface area contributed by atoms with Crippen LogP contribution in [-0.2, 0) is 6.42 Å². The van der Waals surface area contributed by atoms with E-state index in [0.29, 0.717) is 0 Å². The lowest BCUT2D eigenvalue weighted by atomic mass is 10.0. The number of aromatic nitrogens is 1. The molecule has 3 heteroatoms. The van der Waals surface area contributed by atoms with E-state index in [4.69, 9.17) is 4.99 Å². The fourth-order valence-electron chi connectivity index (χ4n) is 3.41. The zero-order chi connectivity index (χ0) is 18.5. The number of pyridine rings is 1. The molecule has 0 atom stereocenters. The van der Waals surface area contributed by atoms with E-state index in [9.17, 15) is 0 Å². The van der Waals surface area contributed by atoms with Crippen LogP contribution in [0.4, 0.5) is 5.69 Å². The molecule has 134 valence electrons. The first kappa shape index (κ1) is 17.2. The van der Waals surface area contributed by atoms with Crippen molar-refractivity contribution >= 4 is 17.5 Å². The lowest BCUT2D eigenvalue weighted by Gasteiger charge is -2.18. The molecule has 0 spiro atoms. The van der Waals surface area contributed by atoms with Crippen LogP contribution in [0.15, 0.2) is 84.1 Å². The molecule has 1 aliphatic rings. The Balaban J connectivity index is 1.57. The summed E-state index contributed by atoms with van der Waals surface area (Å²) in [6.45, 7) is 1.75. The van der Waals surface area contributed by atoms with Crippen molar-refractivity contribution in [2.45, 2.75) is 6.42 Å². The molecule has 1 aromatic heterocycles. The molecule has 4 rings (SSSR count). The van der Waals surface area contributed by atoms with Crippen LogP contribution in [0.1, 0.15) is 22.3 Å². The van der Waals surface area contributed by atoms with Crippen molar-refractivity contribution in [2.75, 3.05) is 25.0 Å². The Bertz CT molecular complexity index is 974. The Morgan fingerprint density at radius 1 is 0.963 bits per heavy atom. The van der Waals surface area contributed by atoms with E-state index in [1.807, 2.05) is 18.5 Å². The quantitative estimate of drug-likeness (QED) is 0.684. The van der Waals surface area contributed by atoms with E-state index in [0.717, 1.165) is 25.2 Å². The minimum absolute atomic E-state index is 0.811. The van der Waals surface area contributed by atoms with Gasteiger partial charge in [-0.25, -0.2) is 0 Å². The van der Waals surface area contributed by atoms with E-state index in [1.54, 1.807) is 0 Å². The number of likely N-dealkylation sites (N-methyl/N-ethyl adjacent to an activating group) is 1. The minimum atomic E-state index is 0.811. The summed E-state index contributed by atoms with van der Waals surface area (Å²) in [7, 11) is 2.13. The zero-order valence-electron chi connectivity index (χ0n) is 15.5. The van der Waals surface area contributed by atoms with Gasteiger partial charge in [-0.3, -0.25) is 9.98 Å². The number of allylic oxidation sites excluding steroid dienone is 1. The number of fused-ring (bicyclic) bond motifs is 1. The molecule has 0 N–H and O–H groups in total. The van der Waals surface area contributed by atoms with E-state index >= 15 is 0 Å². The summed E-state index contributed by atoms with van der Waals surface area (Å²) in [6, 6.07) is 21.2. The molecule has 0 amide bonds. The fourth-order valence-corrected chi connectivity index (χ4v) is 3.41. The number of nitrogens with zero attached hydrogens (tertiary/aromatic N) is 3. The summed E-state index contributed by atoms with van der Waals surface area (Å²) in [5.74, 6) is 0. The van der Waals surface area contributed by atoms with Crippen molar-refractivity contribution < 1.29 is 0 Å². The second kappa shape index (κ2) is 8.00. The summed E-state index contributed by atoms with van der Waals surface area (Å²) < 4.78 is 0. The number of aliphatic imine (C=N–C) groups is 1. The molecular weight excluding hydrogens is 330 g/mol. The molecular formula is C24H23N3. The number of benzene rings is 2. The highest BCUT2D eigenvalue weighted by atomic mass is 15.1. The Morgan fingerprint density at radius 3 is 2.74 bits per heavy atom. The van der Waals surface area contributed by atoms with Crippen molar-refractivity contribution in [3.8, 4) is 0 Å². The molecule has 3 aromatic rings. The largest absolute Gasteiger partial charge is 0.372 e. The highest BCUT2D eigenvalue weighted by Gasteiger charge is 2.13. The number of benzodiazepines with no additional fused rings is 1. The average Bonchev–Trinajstić information content (AvgIpc) is 2.87. The van der Waals surface area contributed by atoms with Crippen LogP contribution < -0.4 is 4.90 Å². The molecule has 3 nitrogen and oxygen atoms in total. The van der Waals surface area contributed by atoms with Gasteiger partial charge in [0.25, 0.3) is 0 Å². The summed E-state index contributed by atoms with van der Waals surface area (Å²) in [5, 5.41) is 0. The van der Waals surface area contributed by atoms with Gasteiger partial charge in [-0.15, -0.1) is 0 Å². The normalized spacial score (nSPS) is 14.0. The summed E-state index contributed by atoms with van der Waals surface area (Å²) in [4.78, 5) is 11.3. The maximum absolute atomic E-state index is 4.80. The molecule has 1 aliphatic heterocycles. The standard InChI is InChI=1S/C24H23N3/c1-27-15-14-26-23(22-9-2-3-10-24(22)27)12-11-19-6-4-7-20(16-19)17-21-8-5-13-25-18-21/h2-13,16,18H,14-15,17H2,1H3/b12-11+. The van der Waals surface area contributed by atoms with E-state index in [-0.39, 0.29) is 0 Å². The highest BCUT2D eigenvalue weighted by molar-refractivity contribution is 6.14. The maximum Gasteiger partial charge on any atom is 0.0668 e. The second-order valence-corrected chi connectivity index (χ2v) is 6.82. The van der Waals surface area contributed by atoms with Crippen molar-refractivity contribution in [2.24, 2.45) is 4.99 Å². The lowest BCUT2D eigenvalue weighted by Crippen LogP contribution is -2.20. The molecule has 0 saturated carbocycles. The van der Waals surface area contributed by atoms with Gasteiger partial charge >= 0.3 is 0 Å². The summed E-state index contributed by atoms with van der Waals surface area (Å²) in [6.07, 6.45) is 8.93. The summed E-state index contributed by atoms with van der Waals surface area (Å²) in [5.41, 5.74) is 7.18. The molecule has 27 heavy (non-hydrogen) atoms. The van der Waals surface area contributed by atoms with Gasteiger partial charge in [-0.2, -0.15) is 0 Å². The molecule has 0 radical (unpaired) electrons. The van der Waals surface area contributed by atoms with Gasteiger partial charge in [-0.05, 0) is 41.3 Å². The SMILES string of the molecule is CN1CCN=C(/C=C/c2cccc(Cc3cccnc3)c2)c2ccccc21. The van der Waals surface area contributed by atoms with Gasteiger partial charge in [0.2, 0.25) is 0 Å². The van der Waals surface area contributed by atoms with Gasteiger partial charge in [0.05, 0.1) is 12.3 Å². The number of hydrogen-bond donors (Lipinski definition) is 0. The Labute approximate surface area is 160 Å². The Kier molecular flexibility index (Phi) is 5.10. The van der Waals surface area contributed by atoms with Gasteiger partial charge in [-0.1, -0.05) is 54.6 Å². The lowest BCUT2D eigenvalue weighted by molar-refractivity contribution is 0.897. The number of hydrogen-bond acceptors (Lipinski definition) is 3. The van der Waals surface area contributed by atoms with E-state index < -0.39 is 0 Å². The van der Waals surface area contributed by atoms with Gasteiger partial charge in [0.15, 0.2) is 0 Å². The van der Waals surface area contributed by atoms with Crippen LogP contribution in [0.25, 0.3) is 6.08 Å². The summed E-state index contributed by atoms with van der Waals surface area (Å²) >= 11 is 0. The number of anilines is 1. The third-order valence-corrected chi connectivity index (χ3v) is 4.82. The highest BCUT2D eigenvalue weighted by Crippen LogP contribution is 2.23. The fraction of sp³-hybridized carbons (Fsp3) is 0.167. The molecule has 2 heterocycles. The van der Waals surface area contributed by atoms with Crippen LogP contribution in [0.2, 0.25) is 0 Å². The smallest absolute Gasteiger partial charge is 0.0668 e. The maximum atomic E-state index is 4.80. The minimum Gasteiger partial charge on any atom is -0.372 e. The molecule has 0 bridgehead atoms. The first-order valence-corrected chi connectivity index (χ1v) is 9.30. The number of para-hydroxylation sites is 1. The first-order chi connectivity index (χ1) is 13.3. The predicted octanol–water partition coefficient (Wildman–Crippen LogP) is 4.62. The van der Waals surface area contributed by atoms with Crippen molar-refractivity contribution in [1.82, 2.24) is 4.98 Å². The van der Waals surface area contributed by atoms with Crippen molar-refractivity contribution in [3.63, 3.8) is 0 Å². The van der Waals surface area contributed by atoms with Gasteiger partial charge in [0, 0.05) is 37.2 Å². The third-order valence-electron chi connectivity index (χ3n) is 4.82. The van der Waals surface area contributed by atoms with Crippen molar-refractivity contribution in [3.05, 3.63) is 101 Å². The molecule has 0 aliphatic carbocycles. The first-order valence-electron chi connectivity index (χ1n) is 9.30. The molecule has 0 unspecified atom stereocenters. The Morgan fingerprint density at radius 2 is 1.85 bits per heavy atom. The topological polar surface area (TPSA) is 28.5 Å². The second-order valence-electron chi connectivity index (χ2n) is 6.82. The molecule has 0 fully saturated rings. The Hall–Kier alpha value is -3.20. The average molecular weight is 353 g/mol.